The molecule has 2 aliphatic rings. The zero-order valence-electron chi connectivity index (χ0n) is 11.4. The Morgan fingerprint density at radius 1 is 1.21 bits per heavy atom. The van der Waals surface area contributed by atoms with E-state index in [1.165, 1.54) is 4.31 Å². The molecule has 0 spiro atoms. The SMILES string of the molecule is CC1CCCN(S(=O)(=O)N2CCCCC2C(N)=S)C1. The molecular weight excluding hydrogens is 282 g/mol. The molecule has 2 saturated heterocycles. The summed E-state index contributed by atoms with van der Waals surface area (Å²) in [5, 5.41) is 0. The van der Waals surface area contributed by atoms with E-state index in [4.69, 9.17) is 18.0 Å². The van der Waals surface area contributed by atoms with Crippen LogP contribution in [0.1, 0.15) is 39.0 Å². The minimum atomic E-state index is -3.41. The van der Waals surface area contributed by atoms with Crippen LogP contribution in [0.5, 0.6) is 0 Å². The molecule has 0 aliphatic carbocycles. The molecule has 2 heterocycles. The van der Waals surface area contributed by atoms with Crippen molar-refractivity contribution in [2.24, 2.45) is 11.7 Å². The maximum Gasteiger partial charge on any atom is 0.282 e. The lowest BCUT2D eigenvalue weighted by molar-refractivity contribution is 0.235. The highest BCUT2D eigenvalue weighted by molar-refractivity contribution is 7.87. The first kappa shape index (κ1) is 15.2. The molecular formula is C12H23N3O2S2. The van der Waals surface area contributed by atoms with Crippen molar-refractivity contribution < 1.29 is 8.42 Å². The second-order valence-electron chi connectivity index (χ2n) is 5.64. The summed E-state index contributed by atoms with van der Waals surface area (Å²) < 4.78 is 28.6. The highest BCUT2D eigenvalue weighted by Crippen LogP contribution is 2.26. The van der Waals surface area contributed by atoms with Crippen LogP contribution in [0.3, 0.4) is 0 Å². The third kappa shape index (κ3) is 3.26. The molecule has 0 aromatic carbocycles. The maximum atomic E-state index is 12.7. The van der Waals surface area contributed by atoms with Crippen LogP contribution in [0.15, 0.2) is 0 Å². The van der Waals surface area contributed by atoms with Crippen molar-refractivity contribution in [3.05, 3.63) is 0 Å². The Kier molecular flexibility index (Phi) is 4.81. The molecule has 2 N–H and O–H groups in total. The van der Waals surface area contributed by atoms with Crippen LogP contribution in [0.4, 0.5) is 0 Å². The Balaban J connectivity index is 2.19. The number of nitrogens with zero attached hydrogens (tertiary/aromatic N) is 2. The van der Waals surface area contributed by atoms with Crippen molar-refractivity contribution in [2.75, 3.05) is 19.6 Å². The summed E-state index contributed by atoms with van der Waals surface area (Å²) >= 11 is 5.04. The molecule has 2 atom stereocenters. The first-order chi connectivity index (χ1) is 8.93. The van der Waals surface area contributed by atoms with E-state index in [2.05, 4.69) is 6.92 Å². The van der Waals surface area contributed by atoms with Crippen LogP contribution in [0.25, 0.3) is 0 Å². The van der Waals surface area contributed by atoms with E-state index in [1.807, 2.05) is 0 Å². The Hall–Kier alpha value is -0.240. The average molecular weight is 305 g/mol. The molecule has 2 fully saturated rings. The van der Waals surface area contributed by atoms with Gasteiger partial charge in [-0.3, -0.25) is 0 Å². The molecule has 0 bridgehead atoms. The quantitative estimate of drug-likeness (QED) is 0.793. The first-order valence-electron chi connectivity index (χ1n) is 6.99. The largest absolute Gasteiger partial charge is 0.392 e. The van der Waals surface area contributed by atoms with E-state index >= 15 is 0 Å². The van der Waals surface area contributed by atoms with Crippen molar-refractivity contribution >= 4 is 27.4 Å². The normalized spacial score (nSPS) is 31.2. The summed E-state index contributed by atoms with van der Waals surface area (Å²) in [6.07, 6.45) is 4.67. The van der Waals surface area contributed by atoms with Crippen LogP contribution in [-0.4, -0.2) is 47.7 Å². The highest BCUT2D eigenvalue weighted by atomic mass is 32.2. The highest BCUT2D eigenvalue weighted by Gasteiger charge is 2.38. The van der Waals surface area contributed by atoms with E-state index < -0.39 is 10.2 Å². The van der Waals surface area contributed by atoms with E-state index in [0.717, 1.165) is 32.1 Å². The number of rotatable bonds is 3. The first-order valence-corrected chi connectivity index (χ1v) is 8.79. The lowest BCUT2D eigenvalue weighted by Crippen LogP contribution is -2.55. The molecule has 110 valence electrons. The van der Waals surface area contributed by atoms with Gasteiger partial charge in [-0.05, 0) is 31.6 Å². The monoisotopic (exact) mass is 305 g/mol. The molecule has 0 radical (unpaired) electrons. The minimum absolute atomic E-state index is 0.299. The van der Waals surface area contributed by atoms with Gasteiger partial charge in [0.25, 0.3) is 10.2 Å². The van der Waals surface area contributed by atoms with Gasteiger partial charge in [0.05, 0.1) is 11.0 Å². The molecule has 0 saturated carbocycles. The molecule has 0 amide bonds. The Labute approximate surface area is 121 Å². The average Bonchev–Trinajstić information content (AvgIpc) is 2.38. The lowest BCUT2D eigenvalue weighted by atomic mass is 10.0. The minimum Gasteiger partial charge on any atom is -0.392 e. The Morgan fingerprint density at radius 2 is 1.95 bits per heavy atom. The van der Waals surface area contributed by atoms with Gasteiger partial charge in [0.1, 0.15) is 0 Å². The van der Waals surface area contributed by atoms with Gasteiger partial charge >= 0.3 is 0 Å². The molecule has 5 nitrogen and oxygen atoms in total. The van der Waals surface area contributed by atoms with Crippen LogP contribution >= 0.6 is 12.2 Å². The molecule has 2 unspecified atom stereocenters. The summed E-state index contributed by atoms with van der Waals surface area (Å²) in [6, 6.07) is -0.300. The topological polar surface area (TPSA) is 66.6 Å². The fourth-order valence-electron chi connectivity index (χ4n) is 2.97. The Bertz CT molecular complexity index is 438. The van der Waals surface area contributed by atoms with Gasteiger partial charge in [-0.15, -0.1) is 0 Å². The Morgan fingerprint density at radius 3 is 2.58 bits per heavy atom. The molecule has 2 rings (SSSR count). The van der Waals surface area contributed by atoms with Crippen LogP contribution in [0, 0.1) is 5.92 Å². The fourth-order valence-corrected chi connectivity index (χ4v) is 5.28. The third-order valence-corrected chi connectivity index (χ3v) is 6.31. The van der Waals surface area contributed by atoms with Gasteiger partial charge in [0.2, 0.25) is 0 Å². The third-order valence-electron chi connectivity index (χ3n) is 4.02. The zero-order valence-corrected chi connectivity index (χ0v) is 13.0. The summed E-state index contributed by atoms with van der Waals surface area (Å²) in [4.78, 5) is 0.299. The molecule has 0 aromatic rings. The maximum absolute atomic E-state index is 12.7. The number of nitrogens with two attached hydrogens (primary N) is 1. The van der Waals surface area contributed by atoms with Gasteiger partial charge < -0.3 is 5.73 Å². The predicted molar refractivity (Wildman–Crippen MR) is 80.0 cm³/mol. The van der Waals surface area contributed by atoms with Gasteiger partial charge in [-0.25, -0.2) is 0 Å². The molecule has 19 heavy (non-hydrogen) atoms. The van der Waals surface area contributed by atoms with Crippen molar-refractivity contribution in [3.8, 4) is 0 Å². The molecule has 7 heteroatoms. The summed E-state index contributed by atoms with van der Waals surface area (Å²) in [5.41, 5.74) is 5.72. The zero-order chi connectivity index (χ0) is 14.0. The van der Waals surface area contributed by atoms with E-state index in [-0.39, 0.29) is 6.04 Å². The summed E-state index contributed by atoms with van der Waals surface area (Å²) in [5.74, 6) is 0.427. The number of thiocarbonyl (C=S) groups is 1. The van der Waals surface area contributed by atoms with Gasteiger partial charge in [-0.2, -0.15) is 17.0 Å². The smallest absolute Gasteiger partial charge is 0.282 e. The predicted octanol–water partition coefficient (Wildman–Crippen LogP) is 1.10. The van der Waals surface area contributed by atoms with E-state index in [9.17, 15) is 8.42 Å². The van der Waals surface area contributed by atoms with Gasteiger partial charge in [0.15, 0.2) is 0 Å². The summed E-state index contributed by atoms with van der Waals surface area (Å²) in [7, 11) is -3.41. The van der Waals surface area contributed by atoms with Crippen LogP contribution in [0.2, 0.25) is 0 Å². The standard InChI is InChI=1S/C12H23N3O2S2/c1-10-5-4-7-14(9-10)19(16,17)15-8-3-2-6-11(15)12(13)18/h10-11H,2-9H2,1H3,(H2,13,18). The van der Waals surface area contributed by atoms with Crippen LogP contribution < -0.4 is 5.73 Å². The van der Waals surface area contributed by atoms with Crippen molar-refractivity contribution in [1.29, 1.82) is 0 Å². The number of hydrogen-bond acceptors (Lipinski definition) is 3. The van der Waals surface area contributed by atoms with Gasteiger partial charge in [0, 0.05) is 19.6 Å². The lowest BCUT2D eigenvalue weighted by Gasteiger charge is -2.39. The second-order valence-corrected chi connectivity index (χ2v) is 7.99. The second kappa shape index (κ2) is 6.03. The molecule has 0 aromatic heterocycles. The van der Waals surface area contributed by atoms with E-state index in [0.29, 0.717) is 30.5 Å². The summed E-state index contributed by atoms with van der Waals surface area (Å²) in [6.45, 7) is 3.87. The number of piperidine rings is 2. The van der Waals surface area contributed by atoms with Crippen LogP contribution in [-0.2, 0) is 10.2 Å². The van der Waals surface area contributed by atoms with Crippen molar-refractivity contribution in [3.63, 3.8) is 0 Å². The van der Waals surface area contributed by atoms with Crippen molar-refractivity contribution in [1.82, 2.24) is 8.61 Å². The van der Waals surface area contributed by atoms with Crippen molar-refractivity contribution in [2.45, 2.75) is 45.1 Å². The van der Waals surface area contributed by atoms with E-state index in [1.54, 1.807) is 4.31 Å². The number of hydrogen-bond donors (Lipinski definition) is 1. The molecule has 2 aliphatic heterocycles. The fraction of sp³-hybridized carbons (Fsp3) is 0.917. The van der Waals surface area contributed by atoms with Gasteiger partial charge in [-0.1, -0.05) is 25.6 Å².